The molecule has 1 saturated heterocycles. The van der Waals surface area contributed by atoms with Crippen LogP contribution in [0.25, 0.3) is 0 Å². The van der Waals surface area contributed by atoms with E-state index in [9.17, 15) is 5.11 Å². The number of ether oxygens (including phenoxy) is 1. The third-order valence-electron chi connectivity index (χ3n) is 2.98. The highest BCUT2D eigenvalue weighted by atomic mass is 16.5. The molecule has 1 N–H and O–H groups in total. The van der Waals surface area contributed by atoms with Crippen molar-refractivity contribution >= 4 is 0 Å². The molecule has 3 nitrogen and oxygen atoms in total. The largest absolute Gasteiger partial charge is 0.392 e. The molecule has 0 saturated carbocycles. The van der Waals surface area contributed by atoms with E-state index in [0.717, 1.165) is 26.1 Å². The fourth-order valence-corrected chi connectivity index (χ4v) is 2.18. The number of likely N-dealkylation sites (tertiary alicyclic amines) is 1. The Morgan fingerprint density at radius 1 is 1.50 bits per heavy atom. The lowest BCUT2D eigenvalue weighted by molar-refractivity contribution is 0.128. The summed E-state index contributed by atoms with van der Waals surface area (Å²) >= 11 is 0. The first kappa shape index (κ1) is 12.0. The van der Waals surface area contributed by atoms with Gasteiger partial charge in [-0.25, -0.2) is 0 Å². The average molecular weight is 201 g/mol. The first-order valence-corrected chi connectivity index (χ1v) is 5.69. The van der Waals surface area contributed by atoms with Crippen LogP contribution in [-0.2, 0) is 4.74 Å². The molecule has 14 heavy (non-hydrogen) atoms. The van der Waals surface area contributed by atoms with Crippen molar-refractivity contribution in [3.8, 4) is 0 Å². The van der Waals surface area contributed by atoms with Crippen LogP contribution < -0.4 is 0 Å². The van der Waals surface area contributed by atoms with Gasteiger partial charge < -0.3 is 9.84 Å². The number of rotatable bonds is 6. The van der Waals surface area contributed by atoms with Gasteiger partial charge in [-0.15, -0.1) is 0 Å². The van der Waals surface area contributed by atoms with E-state index in [1.807, 2.05) is 0 Å². The van der Waals surface area contributed by atoms with Crippen LogP contribution in [0.15, 0.2) is 0 Å². The fraction of sp³-hybridized carbons (Fsp3) is 1.00. The maximum absolute atomic E-state index is 9.59. The van der Waals surface area contributed by atoms with Crippen molar-refractivity contribution in [3.63, 3.8) is 0 Å². The van der Waals surface area contributed by atoms with Gasteiger partial charge >= 0.3 is 0 Å². The minimum Gasteiger partial charge on any atom is -0.392 e. The predicted molar refractivity (Wildman–Crippen MR) is 57.4 cm³/mol. The SMILES string of the molecule is CCCCC1CC(O)CN1CCOC. The summed E-state index contributed by atoms with van der Waals surface area (Å²) in [4.78, 5) is 2.36. The molecule has 2 atom stereocenters. The van der Waals surface area contributed by atoms with E-state index in [1.165, 1.54) is 19.3 Å². The molecule has 1 aliphatic heterocycles. The number of hydrogen-bond donors (Lipinski definition) is 1. The van der Waals surface area contributed by atoms with Crippen LogP contribution in [0.4, 0.5) is 0 Å². The number of β-amino-alcohol motifs (C(OH)–C–C–N with tert-alkyl or cyclic N) is 1. The van der Waals surface area contributed by atoms with Crippen molar-refractivity contribution in [3.05, 3.63) is 0 Å². The van der Waals surface area contributed by atoms with Crippen LogP contribution in [0, 0.1) is 0 Å². The minimum atomic E-state index is -0.117. The lowest BCUT2D eigenvalue weighted by atomic mass is 10.1. The summed E-state index contributed by atoms with van der Waals surface area (Å²) in [5.74, 6) is 0. The normalized spacial score (nSPS) is 28.5. The van der Waals surface area contributed by atoms with Gasteiger partial charge in [0.25, 0.3) is 0 Å². The second kappa shape index (κ2) is 6.38. The first-order chi connectivity index (χ1) is 6.77. The molecule has 0 aromatic rings. The Hall–Kier alpha value is -0.120. The molecule has 1 heterocycles. The van der Waals surface area contributed by atoms with Crippen molar-refractivity contribution < 1.29 is 9.84 Å². The van der Waals surface area contributed by atoms with Gasteiger partial charge in [-0.2, -0.15) is 0 Å². The summed E-state index contributed by atoms with van der Waals surface area (Å²) in [7, 11) is 1.73. The number of hydrogen-bond acceptors (Lipinski definition) is 3. The molecule has 1 aliphatic rings. The topological polar surface area (TPSA) is 32.7 Å². The molecule has 0 aromatic carbocycles. The summed E-state index contributed by atoms with van der Waals surface area (Å²) < 4.78 is 5.07. The zero-order chi connectivity index (χ0) is 10.4. The molecular weight excluding hydrogens is 178 g/mol. The fourth-order valence-electron chi connectivity index (χ4n) is 2.18. The Morgan fingerprint density at radius 2 is 2.29 bits per heavy atom. The zero-order valence-electron chi connectivity index (χ0n) is 9.41. The summed E-state index contributed by atoms with van der Waals surface area (Å²) in [6.07, 6.45) is 4.56. The van der Waals surface area contributed by atoms with E-state index in [1.54, 1.807) is 7.11 Å². The molecule has 0 spiro atoms. The van der Waals surface area contributed by atoms with Crippen LogP contribution >= 0.6 is 0 Å². The lowest BCUT2D eigenvalue weighted by Crippen LogP contribution is -2.32. The maximum atomic E-state index is 9.59. The molecule has 0 aliphatic carbocycles. The van der Waals surface area contributed by atoms with Gasteiger partial charge in [-0.1, -0.05) is 19.8 Å². The monoisotopic (exact) mass is 201 g/mol. The molecular formula is C11H23NO2. The third-order valence-corrected chi connectivity index (χ3v) is 2.98. The van der Waals surface area contributed by atoms with Crippen molar-refractivity contribution in [1.29, 1.82) is 0 Å². The quantitative estimate of drug-likeness (QED) is 0.702. The van der Waals surface area contributed by atoms with Crippen molar-refractivity contribution in [2.24, 2.45) is 0 Å². The highest BCUT2D eigenvalue weighted by Crippen LogP contribution is 2.21. The average Bonchev–Trinajstić information content (AvgIpc) is 2.52. The Kier molecular flexibility index (Phi) is 5.45. The molecule has 3 heteroatoms. The van der Waals surface area contributed by atoms with Gasteiger partial charge in [-0.05, 0) is 12.8 Å². The molecule has 2 unspecified atom stereocenters. The Labute approximate surface area is 87.1 Å². The number of aliphatic hydroxyl groups is 1. The maximum Gasteiger partial charge on any atom is 0.0682 e. The van der Waals surface area contributed by atoms with Gasteiger partial charge in [0.15, 0.2) is 0 Å². The van der Waals surface area contributed by atoms with Crippen LogP contribution in [0.2, 0.25) is 0 Å². The number of aliphatic hydroxyl groups excluding tert-OH is 1. The van der Waals surface area contributed by atoms with Crippen molar-refractivity contribution in [1.82, 2.24) is 4.90 Å². The first-order valence-electron chi connectivity index (χ1n) is 5.69. The second-order valence-electron chi connectivity index (χ2n) is 4.17. The van der Waals surface area contributed by atoms with Crippen molar-refractivity contribution in [2.45, 2.75) is 44.8 Å². The summed E-state index contributed by atoms with van der Waals surface area (Å²) in [5.41, 5.74) is 0. The number of nitrogens with zero attached hydrogens (tertiary/aromatic N) is 1. The van der Waals surface area contributed by atoms with Crippen LogP contribution in [0.3, 0.4) is 0 Å². The standard InChI is InChI=1S/C11H23NO2/c1-3-4-5-10-8-11(13)9-12(10)6-7-14-2/h10-11,13H,3-9H2,1-2H3. The van der Waals surface area contributed by atoms with Crippen LogP contribution in [0.1, 0.15) is 32.6 Å². The Bertz CT molecular complexity index is 136. The van der Waals surface area contributed by atoms with Gasteiger partial charge in [0, 0.05) is 26.2 Å². The number of methoxy groups -OCH3 is 1. The zero-order valence-corrected chi connectivity index (χ0v) is 9.41. The van der Waals surface area contributed by atoms with Gasteiger partial charge in [0.05, 0.1) is 12.7 Å². The van der Waals surface area contributed by atoms with Gasteiger partial charge in [0.1, 0.15) is 0 Å². The van der Waals surface area contributed by atoms with E-state index in [4.69, 9.17) is 4.74 Å². The highest BCUT2D eigenvalue weighted by Gasteiger charge is 2.29. The predicted octanol–water partition coefficient (Wildman–Crippen LogP) is 1.26. The number of unbranched alkanes of at least 4 members (excludes halogenated alkanes) is 1. The molecule has 0 amide bonds. The molecule has 0 bridgehead atoms. The van der Waals surface area contributed by atoms with Crippen LogP contribution in [-0.4, -0.2) is 49.0 Å². The van der Waals surface area contributed by atoms with E-state index in [0.29, 0.717) is 6.04 Å². The third kappa shape index (κ3) is 3.56. The lowest BCUT2D eigenvalue weighted by Gasteiger charge is -2.23. The molecule has 0 aromatic heterocycles. The van der Waals surface area contributed by atoms with Gasteiger partial charge in [-0.3, -0.25) is 4.90 Å². The van der Waals surface area contributed by atoms with Crippen molar-refractivity contribution in [2.75, 3.05) is 26.8 Å². The molecule has 1 rings (SSSR count). The Balaban J connectivity index is 2.29. The molecule has 1 fully saturated rings. The summed E-state index contributed by atoms with van der Waals surface area (Å²) in [5, 5.41) is 9.59. The van der Waals surface area contributed by atoms with Gasteiger partial charge in [0.2, 0.25) is 0 Å². The van der Waals surface area contributed by atoms with E-state index in [-0.39, 0.29) is 6.10 Å². The smallest absolute Gasteiger partial charge is 0.0682 e. The van der Waals surface area contributed by atoms with E-state index >= 15 is 0 Å². The van der Waals surface area contributed by atoms with E-state index in [2.05, 4.69) is 11.8 Å². The summed E-state index contributed by atoms with van der Waals surface area (Å²) in [6, 6.07) is 0.583. The van der Waals surface area contributed by atoms with E-state index < -0.39 is 0 Å². The minimum absolute atomic E-state index is 0.117. The van der Waals surface area contributed by atoms with Crippen LogP contribution in [0.5, 0.6) is 0 Å². The highest BCUT2D eigenvalue weighted by molar-refractivity contribution is 4.84. The Morgan fingerprint density at radius 3 is 2.93 bits per heavy atom. The second-order valence-corrected chi connectivity index (χ2v) is 4.17. The molecule has 0 radical (unpaired) electrons. The molecule has 84 valence electrons. The summed E-state index contributed by atoms with van der Waals surface area (Å²) in [6.45, 7) is 4.78.